The lowest BCUT2D eigenvalue weighted by atomic mass is 10.1. The molecule has 0 fully saturated rings. The molecule has 104 valence electrons. The fourth-order valence-corrected chi connectivity index (χ4v) is 1.77. The van der Waals surface area contributed by atoms with Gasteiger partial charge in [0, 0.05) is 11.5 Å². The van der Waals surface area contributed by atoms with E-state index in [0.717, 1.165) is 10.0 Å². The molecule has 0 bridgehead atoms. The van der Waals surface area contributed by atoms with Crippen LogP contribution in [0.3, 0.4) is 0 Å². The van der Waals surface area contributed by atoms with Crippen LogP contribution in [0.2, 0.25) is 0 Å². The first-order valence-electron chi connectivity index (χ1n) is 5.99. The molecule has 6 heteroatoms. The van der Waals surface area contributed by atoms with E-state index in [0.29, 0.717) is 0 Å². The highest BCUT2D eigenvalue weighted by atomic mass is 79.9. The Bertz CT molecular complexity index is 434. The minimum atomic E-state index is -0.145. The summed E-state index contributed by atoms with van der Waals surface area (Å²) in [5.74, 6) is -0.284. The highest BCUT2D eigenvalue weighted by Gasteiger charge is 2.09. The Morgan fingerprint density at radius 3 is 2.32 bits per heavy atom. The van der Waals surface area contributed by atoms with Gasteiger partial charge in [0.15, 0.2) is 0 Å². The number of benzene rings is 1. The SMILES string of the molecule is CNC(=O)CNCC(=O)N[C@H](C)c1ccc(Br)cc1. The van der Waals surface area contributed by atoms with E-state index in [2.05, 4.69) is 31.9 Å². The van der Waals surface area contributed by atoms with Crippen LogP contribution in [0.25, 0.3) is 0 Å². The van der Waals surface area contributed by atoms with Crippen LogP contribution in [0, 0.1) is 0 Å². The second-order valence-corrected chi connectivity index (χ2v) is 5.03. The van der Waals surface area contributed by atoms with Crippen molar-refractivity contribution >= 4 is 27.7 Å². The zero-order chi connectivity index (χ0) is 14.3. The monoisotopic (exact) mass is 327 g/mol. The van der Waals surface area contributed by atoms with E-state index in [-0.39, 0.29) is 30.9 Å². The highest BCUT2D eigenvalue weighted by Crippen LogP contribution is 2.16. The minimum Gasteiger partial charge on any atom is -0.358 e. The lowest BCUT2D eigenvalue weighted by Gasteiger charge is -2.14. The van der Waals surface area contributed by atoms with Gasteiger partial charge in [-0.3, -0.25) is 14.9 Å². The molecule has 0 unspecified atom stereocenters. The number of hydrogen-bond donors (Lipinski definition) is 3. The van der Waals surface area contributed by atoms with Crippen LogP contribution in [-0.4, -0.2) is 32.0 Å². The quantitative estimate of drug-likeness (QED) is 0.729. The van der Waals surface area contributed by atoms with Gasteiger partial charge in [0.2, 0.25) is 11.8 Å². The maximum absolute atomic E-state index is 11.6. The molecule has 0 aliphatic carbocycles. The summed E-state index contributed by atoms with van der Waals surface area (Å²) in [5, 5.41) is 8.10. The molecule has 3 N–H and O–H groups in total. The Kier molecular flexibility index (Phi) is 6.52. The van der Waals surface area contributed by atoms with Crippen molar-refractivity contribution in [1.29, 1.82) is 0 Å². The van der Waals surface area contributed by atoms with Crippen molar-refractivity contribution in [2.45, 2.75) is 13.0 Å². The number of nitrogens with one attached hydrogen (secondary N) is 3. The summed E-state index contributed by atoms with van der Waals surface area (Å²) in [5.41, 5.74) is 1.03. The molecule has 0 spiro atoms. The molecule has 1 aromatic carbocycles. The summed E-state index contributed by atoms with van der Waals surface area (Å²) in [6.07, 6.45) is 0. The van der Waals surface area contributed by atoms with E-state index >= 15 is 0 Å². The number of hydrogen-bond acceptors (Lipinski definition) is 3. The van der Waals surface area contributed by atoms with Crippen molar-refractivity contribution in [3.8, 4) is 0 Å². The van der Waals surface area contributed by atoms with Gasteiger partial charge in [0.25, 0.3) is 0 Å². The molecule has 1 rings (SSSR count). The molecular formula is C13H18BrN3O2. The second kappa shape index (κ2) is 7.91. The largest absolute Gasteiger partial charge is 0.358 e. The first kappa shape index (κ1) is 15.7. The molecular weight excluding hydrogens is 310 g/mol. The fourth-order valence-electron chi connectivity index (χ4n) is 1.51. The van der Waals surface area contributed by atoms with E-state index in [1.54, 1.807) is 7.05 Å². The van der Waals surface area contributed by atoms with Crippen LogP contribution in [0.15, 0.2) is 28.7 Å². The van der Waals surface area contributed by atoms with Gasteiger partial charge >= 0.3 is 0 Å². The van der Waals surface area contributed by atoms with Crippen LogP contribution in [0.4, 0.5) is 0 Å². The summed E-state index contributed by atoms with van der Waals surface area (Å²) in [6.45, 7) is 2.17. The standard InChI is InChI=1S/C13H18BrN3O2/c1-9(10-3-5-11(14)6-4-10)17-13(19)8-16-7-12(18)15-2/h3-6,9,16H,7-8H2,1-2H3,(H,15,18)(H,17,19)/t9-/m1/s1. The Morgan fingerprint density at radius 2 is 1.74 bits per heavy atom. The third-order valence-electron chi connectivity index (χ3n) is 2.60. The highest BCUT2D eigenvalue weighted by molar-refractivity contribution is 9.10. The minimum absolute atomic E-state index is 0.0672. The van der Waals surface area contributed by atoms with Crippen molar-refractivity contribution in [1.82, 2.24) is 16.0 Å². The van der Waals surface area contributed by atoms with Gasteiger partial charge in [-0.15, -0.1) is 0 Å². The Labute approximate surface area is 121 Å². The van der Waals surface area contributed by atoms with E-state index in [4.69, 9.17) is 0 Å². The molecule has 0 saturated carbocycles. The zero-order valence-corrected chi connectivity index (χ0v) is 12.6. The number of carbonyl (C=O) groups excluding carboxylic acids is 2. The molecule has 19 heavy (non-hydrogen) atoms. The van der Waals surface area contributed by atoms with Gasteiger partial charge < -0.3 is 10.6 Å². The van der Waals surface area contributed by atoms with Crippen LogP contribution in [0.1, 0.15) is 18.5 Å². The van der Waals surface area contributed by atoms with Gasteiger partial charge in [-0.1, -0.05) is 28.1 Å². The molecule has 1 aromatic rings. The summed E-state index contributed by atoms with van der Waals surface area (Å²) < 4.78 is 1.00. The first-order chi connectivity index (χ1) is 9.02. The topological polar surface area (TPSA) is 70.2 Å². The van der Waals surface area contributed by atoms with E-state index in [9.17, 15) is 9.59 Å². The number of carbonyl (C=O) groups is 2. The Balaban J connectivity index is 2.35. The van der Waals surface area contributed by atoms with Crippen LogP contribution < -0.4 is 16.0 Å². The van der Waals surface area contributed by atoms with E-state index in [1.807, 2.05) is 31.2 Å². The van der Waals surface area contributed by atoms with Gasteiger partial charge in [0.1, 0.15) is 0 Å². The van der Waals surface area contributed by atoms with Crippen LogP contribution >= 0.6 is 15.9 Å². The van der Waals surface area contributed by atoms with E-state index < -0.39 is 0 Å². The summed E-state index contributed by atoms with van der Waals surface area (Å²) in [6, 6.07) is 7.70. The number of likely N-dealkylation sites (N-methyl/N-ethyl adjacent to an activating group) is 1. The summed E-state index contributed by atoms with van der Waals surface area (Å²) in [4.78, 5) is 22.6. The second-order valence-electron chi connectivity index (χ2n) is 4.12. The van der Waals surface area contributed by atoms with Crippen molar-refractivity contribution in [3.63, 3.8) is 0 Å². The number of amides is 2. The van der Waals surface area contributed by atoms with Gasteiger partial charge in [-0.05, 0) is 24.6 Å². The predicted molar refractivity (Wildman–Crippen MR) is 77.6 cm³/mol. The average Bonchev–Trinajstić information content (AvgIpc) is 2.39. The predicted octanol–water partition coefficient (Wildman–Crippen LogP) is 0.962. The summed E-state index contributed by atoms with van der Waals surface area (Å²) >= 11 is 3.36. The van der Waals surface area contributed by atoms with Crippen molar-refractivity contribution in [3.05, 3.63) is 34.3 Å². The fraction of sp³-hybridized carbons (Fsp3) is 0.385. The Hall–Kier alpha value is -1.40. The molecule has 0 radical (unpaired) electrons. The first-order valence-corrected chi connectivity index (χ1v) is 6.78. The molecule has 0 aromatic heterocycles. The molecule has 0 saturated heterocycles. The van der Waals surface area contributed by atoms with Gasteiger partial charge in [-0.2, -0.15) is 0 Å². The van der Waals surface area contributed by atoms with Crippen molar-refractivity contribution < 1.29 is 9.59 Å². The van der Waals surface area contributed by atoms with Crippen LogP contribution in [0.5, 0.6) is 0 Å². The van der Waals surface area contributed by atoms with Gasteiger partial charge in [0.05, 0.1) is 19.1 Å². The molecule has 5 nitrogen and oxygen atoms in total. The van der Waals surface area contributed by atoms with Gasteiger partial charge in [-0.25, -0.2) is 0 Å². The van der Waals surface area contributed by atoms with Crippen molar-refractivity contribution in [2.75, 3.05) is 20.1 Å². The van der Waals surface area contributed by atoms with Crippen LogP contribution in [-0.2, 0) is 9.59 Å². The average molecular weight is 328 g/mol. The lowest BCUT2D eigenvalue weighted by molar-refractivity contribution is -0.121. The molecule has 0 heterocycles. The zero-order valence-electron chi connectivity index (χ0n) is 11.0. The maximum atomic E-state index is 11.6. The normalized spacial score (nSPS) is 11.7. The maximum Gasteiger partial charge on any atom is 0.234 e. The molecule has 0 aliphatic heterocycles. The lowest BCUT2D eigenvalue weighted by Crippen LogP contribution is -2.39. The Morgan fingerprint density at radius 1 is 1.16 bits per heavy atom. The molecule has 1 atom stereocenters. The molecule has 2 amide bonds. The van der Waals surface area contributed by atoms with Crippen molar-refractivity contribution in [2.24, 2.45) is 0 Å². The smallest absolute Gasteiger partial charge is 0.234 e. The van der Waals surface area contributed by atoms with E-state index in [1.165, 1.54) is 0 Å². The number of halogens is 1. The summed E-state index contributed by atoms with van der Waals surface area (Å²) in [7, 11) is 1.56. The third-order valence-corrected chi connectivity index (χ3v) is 3.13. The number of rotatable bonds is 6. The third kappa shape index (κ3) is 5.85. The molecule has 0 aliphatic rings.